The third-order valence-electron chi connectivity index (χ3n) is 6.41. The highest BCUT2D eigenvalue weighted by Gasteiger charge is 2.95. The zero-order valence-corrected chi connectivity index (χ0v) is 21.5. The standard InChI is InChI=1S/C27H15F17O/c28-20(29,21(30,31)22(32,33)23(34,35)24(36,37)25(38,39)26(40,41)27(42,43)44)18-10-6-16(7-11-18)17-8-12-19(13-9-17)45-14-15-4-2-1-3-5-15/h1-13H,14H2. The van der Waals surface area contributed by atoms with Gasteiger partial charge in [0.1, 0.15) is 12.4 Å². The Hall–Kier alpha value is -3.73. The monoisotopic (exact) mass is 678 g/mol. The molecule has 0 aliphatic carbocycles. The van der Waals surface area contributed by atoms with E-state index in [0.717, 1.165) is 5.56 Å². The van der Waals surface area contributed by atoms with Gasteiger partial charge in [-0.05, 0) is 28.8 Å². The molecule has 248 valence electrons. The lowest BCUT2D eigenvalue weighted by Gasteiger charge is -2.42. The minimum atomic E-state index is -8.66. The molecular formula is C27H15F17O. The first-order chi connectivity index (χ1) is 20.3. The van der Waals surface area contributed by atoms with Gasteiger partial charge in [-0.15, -0.1) is 0 Å². The molecule has 0 aliphatic heterocycles. The Morgan fingerprint density at radius 2 is 0.778 bits per heavy atom. The van der Waals surface area contributed by atoms with Crippen LogP contribution in [0.5, 0.6) is 5.75 Å². The molecule has 0 fully saturated rings. The van der Waals surface area contributed by atoms with Crippen molar-refractivity contribution in [3.05, 3.63) is 90.0 Å². The Labute approximate surface area is 241 Å². The molecule has 45 heavy (non-hydrogen) atoms. The van der Waals surface area contributed by atoms with Gasteiger partial charge in [-0.1, -0.05) is 66.7 Å². The zero-order valence-electron chi connectivity index (χ0n) is 21.5. The van der Waals surface area contributed by atoms with Gasteiger partial charge in [-0.25, -0.2) is 0 Å². The molecule has 3 aromatic rings. The van der Waals surface area contributed by atoms with Gasteiger partial charge >= 0.3 is 47.6 Å². The maximum absolute atomic E-state index is 14.5. The molecule has 0 spiro atoms. The number of alkyl halides is 17. The van der Waals surface area contributed by atoms with Crippen LogP contribution in [0.3, 0.4) is 0 Å². The number of ether oxygens (including phenoxy) is 1. The number of rotatable bonds is 11. The minimum Gasteiger partial charge on any atom is -0.489 e. The van der Waals surface area contributed by atoms with Gasteiger partial charge in [0.05, 0.1) is 0 Å². The fourth-order valence-corrected chi connectivity index (χ4v) is 3.70. The summed E-state index contributed by atoms with van der Waals surface area (Å²) in [7, 11) is 0. The largest absolute Gasteiger partial charge is 0.489 e. The summed E-state index contributed by atoms with van der Waals surface area (Å²) in [6.07, 6.45) is -7.80. The summed E-state index contributed by atoms with van der Waals surface area (Å²) in [5.74, 6) is -56.5. The lowest BCUT2D eigenvalue weighted by atomic mass is 9.87. The van der Waals surface area contributed by atoms with E-state index in [9.17, 15) is 74.6 Å². The van der Waals surface area contributed by atoms with Crippen LogP contribution in [0.25, 0.3) is 11.1 Å². The summed E-state index contributed by atoms with van der Waals surface area (Å²) in [5, 5.41) is 0. The first-order valence-electron chi connectivity index (χ1n) is 11.9. The number of halogens is 17. The normalized spacial score (nSPS) is 14.4. The molecular weight excluding hydrogens is 663 g/mol. The van der Waals surface area contributed by atoms with E-state index in [1.54, 1.807) is 30.3 Å². The lowest BCUT2D eigenvalue weighted by molar-refractivity contribution is -0.462. The highest BCUT2D eigenvalue weighted by Crippen LogP contribution is 2.65. The molecule has 3 aromatic carbocycles. The Kier molecular flexibility index (Phi) is 8.94. The van der Waals surface area contributed by atoms with Crippen molar-refractivity contribution in [1.82, 2.24) is 0 Å². The van der Waals surface area contributed by atoms with Crippen LogP contribution in [0.2, 0.25) is 0 Å². The molecule has 0 heterocycles. The number of hydrogen-bond acceptors (Lipinski definition) is 1. The molecule has 0 aliphatic rings. The molecule has 0 bridgehead atoms. The van der Waals surface area contributed by atoms with Crippen molar-refractivity contribution in [2.45, 2.75) is 54.2 Å². The minimum absolute atomic E-state index is 0.0537. The predicted molar refractivity (Wildman–Crippen MR) is 122 cm³/mol. The van der Waals surface area contributed by atoms with E-state index < -0.39 is 53.2 Å². The van der Waals surface area contributed by atoms with Gasteiger partial charge in [0.2, 0.25) is 0 Å². The smallest absolute Gasteiger partial charge is 0.460 e. The quantitative estimate of drug-likeness (QED) is 0.184. The third kappa shape index (κ3) is 5.64. The second kappa shape index (κ2) is 11.3. The molecule has 0 amide bonds. The van der Waals surface area contributed by atoms with Crippen LogP contribution < -0.4 is 4.74 Å². The maximum atomic E-state index is 14.5. The van der Waals surface area contributed by atoms with Crippen LogP contribution in [0.15, 0.2) is 78.9 Å². The average Bonchev–Trinajstić information content (AvgIpc) is 2.95. The van der Waals surface area contributed by atoms with Gasteiger partial charge in [-0.3, -0.25) is 0 Å². The molecule has 1 nitrogen and oxygen atoms in total. The van der Waals surface area contributed by atoms with Gasteiger partial charge in [-0.2, -0.15) is 74.6 Å². The average molecular weight is 678 g/mol. The van der Waals surface area contributed by atoms with Crippen LogP contribution in [-0.4, -0.2) is 41.7 Å². The molecule has 0 radical (unpaired) electrons. The van der Waals surface area contributed by atoms with E-state index in [4.69, 9.17) is 4.74 Å². The first kappa shape index (κ1) is 35.7. The molecule has 18 heteroatoms. The van der Waals surface area contributed by atoms with E-state index in [2.05, 4.69) is 0 Å². The molecule has 0 N–H and O–H groups in total. The molecule has 0 atom stereocenters. The number of benzene rings is 3. The Balaban J connectivity index is 1.89. The van der Waals surface area contributed by atoms with Gasteiger partial charge < -0.3 is 4.74 Å². The van der Waals surface area contributed by atoms with E-state index in [1.165, 1.54) is 24.3 Å². The first-order valence-corrected chi connectivity index (χ1v) is 11.9. The molecule has 0 aromatic heterocycles. The molecule has 0 saturated carbocycles. The summed E-state index contributed by atoms with van der Waals surface area (Å²) in [4.78, 5) is 0. The topological polar surface area (TPSA) is 9.23 Å². The van der Waals surface area contributed by atoms with Gasteiger partial charge in [0, 0.05) is 5.56 Å². The van der Waals surface area contributed by atoms with Crippen molar-refractivity contribution in [3.63, 3.8) is 0 Å². The number of hydrogen-bond donors (Lipinski definition) is 0. The van der Waals surface area contributed by atoms with Gasteiger partial charge in [0.25, 0.3) is 0 Å². The highest BCUT2D eigenvalue weighted by atomic mass is 19.4. The maximum Gasteiger partial charge on any atom is 0.460 e. The van der Waals surface area contributed by atoms with Crippen molar-refractivity contribution in [2.24, 2.45) is 0 Å². The summed E-state index contributed by atoms with van der Waals surface area (Å²) < 4.78 is 236. The Morgan fingerprint density at radius 1 is 0.400 bits per heavy atom. The molecule has 0 saturated heterocycles. The van der Waals surface area contributed by atoms with Gasteiger partial charge in [0.15, 0.2) is 0 Å². The molecule has 3 rings (SSSR count). The van der Waals surface area contributed by atoms with E-state index >= 15 is 0 Å². The second-order valence-electron chi connectivity index (χ2n) is 9.39. The van der Waals surface area contributed by atoms with Crippen molar-refractivity contribution < 1.29 is 79.4 Å². The fourth-order valence-electron chi connectivity index (χ4n) is 3.70. The summed E-state index contributed by atoms with van der Waals surface area (Å²) in [6, 6.07) is 15.1. The van der Waals surface area contributed by atoms with Crippen LogP contribution in [-0.2, 0) is 12.5 Å². The Bertz CT molecular complexity index is 1450. The van der Waals surface area contributed by atoms with Crippen LogP contribution in [0.1, 0.15) is 11.1 Å². The van der Waals surface area contributed by atoms with E-state index in [1.807, 2.05) is 0 Å². The van der Waals surface area contributed by atoms with E-state index in [-0.39, 0.29) is 29.9 Å². The summed E-state index contributed by atoms with van der Waals surface area (Å²) >= 11 is 0. The van der Waals surface area contributed by atoms with Crippen molar-refractivity contribution in [2.75, 3.05) is 0 Å². The molecule has 0 unspecified atom stereocenters. The zero-order chi connectivity index (χ0) is 34.5. The predicted octanol–water partition coefficient (Wildman–Crippen LogP) is 10.4. The van der Waals surface area contributed by atoms with Crippen molar-refractivity contribution in [1.29, 1.82) is 0 Å². The lowest BCUT2D eigenvalue weighted by Crippen LogP contribution is -2.74. The van der Waals surface area contributed by atoms with E-state index in [0.29, 0.717) is 17.9 Å². The van der Waals surface area contributed by atoms with Crippen LogP contribution in [0.4, 0.5) is 74.6 Å². The summed E-state index contributed by atoms with van der Waals surface area (Å²) in [6.45, 7) is 0.135. The highest BCUT2D eigenvalue weighted by molar-refractivity contribution is 5.64. The SMILES string of the molecule is FC(F)(F)C(F)(F)C(F)(F)C(F)(F)C(F)(F)C(F)(F)C(F)(F)C(F)(F)c1ccc(-c2ccc(OCc3ccccc3)cc2)cc1. The second-order valence-corrected chi connectivity index (χ2v) is 9.39. The fraction of sp³-hybridized carbons (Fsp3) is 0.333. The Morgan fingerprint density at radius 3 is 1.20 bits per heavy atom. The van der Waals surface area contributed by atoms with Crippen molar-refractivity contribution >= 4 is 0 Å². The van der Waals surface area contributed by atoms with Crippen LogP contribution in [0, 0.1) is 0 Å². The third-order valence-corrected chi connectivity index (χ3v) is 6.41. The van der Waals surface area contributed by atoms with Crippen molar-refractivity contribution in [3.8, 4) is 16.9 Å². The summed E-state index contributed by atoms with van der Waals surface area (Å²) in [5.41, 5.74) is -1.42. The van der Waals surface area contributed by atoms with Crippen LogP contribution >= 0.6 is 0 Å².